The van der Waals surface area contributed by atoms with Gasteiger partial charge < -0.3 is 15.6 Å². The van der Waals surface area contributed by atoms with Crippen LogP contribution in [0.15, 0.2) is 24.3 Å². The zero-order chi connectivity index (χ0) is 13.7. The second-order valence-electron chi connectivity index (χ2n) is 5.14. The van der Waals surface area contributed by atoms with Gasteiger partial charge in [-0.25, -0.2) is 0 Å². The molecule has 2 rings (SSSR count). The number of nitrogens with zero attached hydrogens (tertiary/aromatic N) is 1. The van der Waals surface area contributed by atoms with Crippen molar-refractivity contribution in [3.8, 4) is 11.8 Å². The van der Waals surface area contributed by atoms with E-state index in [1.807, 2.05) is 24.3 Å². The number of ether oxygens (including phenoxy) is 1. The molecule has 1 aliphatic carbocycles. The highest BCUT2D eigenvalue weighted by molar-refractivity contribution is 5.32. The molecule has 0 aromatic heterocycles. The molecule has 1 fully saturated rings. The van der Waals surface area contributed by atoms with Crippen molar-refractivity contribution in [1.82, 2.24) is 0 Å². The molecular weight excluding hydrogens is 240 g/mol. The number of aliphatic hydroxyl groups is 1. The normalized spacial score (nSPS) is 26.1. The van der Waals surface area contributed by atoms with Gasteiger partial charge in [-0.05, 0) is 31.2 Å². The van der Waals surface area contributed by atoms with E-state index in [4.69, 9.17) is 15.7 Å². The van der Waals surface area contributed by atoms with Crippen LogP contribution in [0.1, 0.15) is 31.2 Å². The topological polar surface area (TPSA) is 79.3 Å². The summed E-state index contributed by atoms with van der Waals surface area (Å²) in [5.41, 5.74) is 6.19. The molecule has 0 bridgehead atoms. The fourth-order valence-corrected chi connectivity index (χ4v) is 2.74. The molecule has 19 heavy (non-hydrogen) atoms. The Morgan fingerprint density at radius 2 is 2.26 bits per heavy atom. The average Bonchev–Trinajstić information content (AvgIpc) is 2.81. The second kappa shape index (κ2) is 6.05. The third-order valence-corrected chi connectivity index (χ3v) is 3.95. The highest BCUT2D eigenvalue weighted by atomic mass is 16.5. The van der Waals surface area contributed by atoms with E-state index >= 15 is 0 Å². The van der Waals surface area contributed by atoms with Crippen LogP contribution in [0.2, 0.25) is 0 Å². The summed E-state index contributed by atoms with van der Waals surface area (Å²) in [6, 6.07) is 9.68. The summed E-state index contributed by atoms with van der Waals surface area (Å²) in [6.07, 6.45) is 3.57. The van der Waals surface area contributed by atoms with Gasteiger partial charge >= 0.3 is 0 Å². The molecule has 0 amide bonds. The lowest BCUT2D eigenvalue weighted by molar-refractivity contribution is 0.239. The minimum Gasteiger partial charge on any atom is -0.493 e. The van der Waals surface area contributed by atoms with Crippen molar-refractivity contribution in [2.45, 2.75) is 37.8 Å². The molecule has 1 aromatic rings. The summed E-state index contributed by atoms with van der Waals surface area (Å²) in [6.45, 7) is 0.501. The minimum atomic E-state index is -0.681. The molecule has 0 saturated heterocycles. The molecule has 4 nitrogen and oxygen atoms in total. The fourth-order valence-electron chi connectivity index (χ4n) is 2.74. The fraction of sp³-hybridized carbons (Fsp3) is 0.533. The number of aliphatic hydroxyl groups excluding tert-OH is 1. The summed E-state index contributed by atoms with van der Waals surface area (Å²) < 4.78 is 5.70. The number of rotatable bonds is 5. The predicted molar refractivity (Wildman–Crippen MR) is 72.3 cm³/mol. The van der Waals surface area contributed by atoms with Gasteiger partial charge in [-0.15, -0.1) is 0 Å². The van der Waals surface area contributed by atoms with Crippen LogP contribution in [0, 0.1) is 17.2 Å². The second-order valence-corrected chi connectivity index (χ2v) is 5.14. The minimum absolute atomic E-state index is 0.0291. The van der Waals surface area contributed by atoms with Crippen LogP contribution in [-0.2, 0) is 6.61 Å². The lowest BCUT2D eigenvalue weighted by atomic mass is 9.87. The van der Waals surface area contributed by atoms with E-state index in [0.29, 0.717) is 12.4 Å². The summed E-state index contributed by atoms with van der Waals surface area (Å²) in [5, 5.41) is 18.4. The summed E-state index contributed by atoms with van der Waals surface area (Å²) in [5.74, 6) is 0.918. The van der Waals surface area contributed by atoms with Crippen LogP contribution in [0.4, 0.5) is 0 Å². The molecule has 0 heterocycles. The van der Waals surface area contributed by atoms with Crippen LogP contribution >= 0.6 is 0 Å². The Morgan fingerprint density at radius 1 is 1.47 bits per heavy atom. The van der Waals surface area contributed by atoms with E-state index in [-0.39, 0.29) is 12.5 Å². The number of para-hydroxylation sites is 1. The van der Waals surface area contributed by atoms with Gasteiger partial charge in [0.2, 0.25) is 0 Å². The first kappa shape index (κ1) is 13.9. The van der Waals surface area contributed by atoms with E-state index < -0.39 is 5.54 Å². The number of benzene rings is 1. The number of nitriles is 1. The first-order valence-electron chi connectivity index (χ1n) is 6.71. The van der Waals surface area contributed by atoms with Gasteiger partial charge in [0.15, 0.2) is 0 Å². The standard InChI is InChI=1S/C15H20N2O2/c16-11-15(17)8-3-5-13(15)7-9-19-14-6-2-1-4-12(14)10-18/h1-2,4,6,13,18H,3,5,7-10,17H2. The third-order valence-electron chi connectivity index (χ3n) is 3.95. The monoisotopic (exact) mass is 260 g/mol. The molecule has 0 radical (unpaired) electrons. The Bertz CT molecular complexity index is 469. The lowest BCUT2D eigenvalue weighted by Crippen LogP contribution is -2.42. The van der Waals surface area contributed by atoms with Crippen molar-refractivity contribution in [1.29, 1.82) is 5.26 Å². The first-order valence-corrected chi connectivity index (χ1v) is 6.71. The molecule has 4 heteroatoms. The van der Waals surface area contributed by atoms with E-state index in [2.05, 4.69) is 6.07 Å². The van der Waals surface area contributed by atoms with Gasteiger partial charge in [-0.3, -0.25) is 0 Å². The maximum absolute atomic E-state index is 9.21. The molecule has 2 atom stereocenters. The lowest BCUT2D eigenvalue weighted by Gasteiger charge is -2.23. The van der Waals surface area contributed by atoms with Crippen LogP contribution in [-0.4, -0.2) is 17.3 Å². The zero-order valence-electron chi connectivity index (χ0n) is 11.0. The van der Waals surface area contributed by atoms with Crippen molar-refractivity contribution in [2.24, 2.45) is 11.7 Å². The predicted octanol–water partition coefficient (Wildman–Crippen LogP) is 1.97. The highest BCUT2D eigenvalue weighted by Crippen LogP contribution is 2.35. The van der Waals surface area contributed by atoms with E-state index in [0.717, 1.165) is 31.2 Å². The highest BCUT2D eigenvalue weighted by Gasteiger charge is 2.39. The van der Waals surface area contributed by atoms with Crippen molar-refractivity contribution in [2.75, 3.05) is 6.61 Å². The van der Waals surface area contributed by atoms with Crippen molar-refractivity contribution >= 4 is 0 Å². The molecule has 0 spiro atoms. The molecule has 3 N–H and O–H groups in total. The summed E-state index contributed by atoms with van der Waals surface area (Å²) >= 11 is 0. The average molecular weight is 260 g/mol. The van der Waals surface area contributed by atoms with Crippen LogP contribution < -0.4 is 10.5 Å². The third kappa shape index (κ3) is 3.06. The largest absolute Gasteiger partial charge is 0.493 e. The van der Waals surface area contributed by atoms with Gasteiger partial charge in [-0.1, -0.05) is 24.6 Å². The Kier molecular flexibility index (Phi) is 4.41. The SMILES string of the molecule is N#CC1(N)CCCC1CCOc1ccccc1CO. The van der Waals surface area contributed by atoms with E-state index in [9.17, 15) is 5.11 Å². The van der Waals surface area contributed by atoms with Crippen LogP contribution in [0.5, 0.6) is 5.75 Å². The van der Waals surface area contributed by atoms with E-state index in [1.165, 1.54) is 0 Å². The van der Waals surface area contributed by atoms with Crippen molar-refractivity contribution < 1.29 is 9.84 Å². The Labute approximate surface area is 113 Å². The Morgan fingerprint density at radius 3 is 3.00 bits per heavy atom. The summed E-state index contributed by atoms with van der Waals surface area (Å²) in [7, 11) is 0. The van der Waals surface area contributed by atoms with Gasteiger partial charge in [0.05, 0.1) is 19.3 Å². The Balaban J connectivity index is 1.89. The molecular formula is C15H20N2O2. The van der Waals surface area contributed by atoms with Gasteiger partial charge in [0.25, 0.3) is 0 Å². The summed E-state index contributed by atoms with van der Waals surface area (Å²) in [4.78, 5) is 0. The van der Waals surface area contributed by atoms with Gasteiger partial charge in [-0.2, -0.15) is 5.26 Å². The molecule has 102 valence electrons. The quantitative estimate of drug-likeness (QED) is 0.848. The van der Waals surface area contributed by atoms with Gasteiger partial charge in [0.1, 0.15) is 11.3 Å². The van der Waals surface area contributed by atoms with Crippen molar-refractivity contribution in [3.63, 3.8) is 0 Å². The maximum atomic E-state index is 9.21. The maximum Gasteiger partial charge on any atom is 0.124 e. The zero-order valence-corrected chi connectivity index (χ0v) is 11.0. The molecule has 1 aromatic carbocycles. The van der Waals surface area contributed by atoms with E-state index in [1.54, 1.807) is 0 Å². The molecule has 2 unspecified atom stereocenters. The number of hydrogen-bond acceptors (Lipinski definition) is 4. The Hall–Kier alpha value is -1.57. The molecule has 1 saturated carbocycles. The van der Waals surface area contributed by atoms with Gasteiger partial charge in [0, 0.05) is 5.56 Å². The first-order chi connectivity index (χ1) is 9.19. The molecule has 0 aliphatic heterocycles. The smallest absolute Gasteiger partial charge is 0.124 e. The van der Waals surface area contributed by atoms with Crippen molar-refractivity contribution in [3.05, 3.63) is 29.8 Å². The molecule has 1 aliphatic rings. The van der Waals surface area contributed by atoms with Crippen LogP contribution in [0.25, 0.3) is 0 Å². The van der Waals surface area contributed by atoms with Crippen LogP contribution in [0.3, 0.4) is 0 Å². The number of hydrogen-bond donors (Lipinski definition) is 2. The number of nitrogens with two attached hydrogens (primary N) is 1.